The smallest absolute Gasteiger partial charge is 0.351 e. The molecule has 0 spiro atoms. The molecule has 0 unspecified atom stereocenters. The van der Waals surface area contributed by atoms with Gasteiger partial charge in [-0.3, -0.25) is 14.5 Å². The maximum atomic E-state index is 13.1. The average Bonchev–Trinajstić information content (AvgIpc) is 3.16. The van der Waals surface area contributed by atoms with Crippen LogP contribution in [-0.4, -0.2) is 59.3 Å². The quantitative estimate of drug-likeness (QED) is 0.642. The van der Waals surface area contributed by atoms with Gasteiger partial charge < -0.3 is 15.2 Å². The van der Waals surface area contributed by atoms with Crippen molar-refractivity contribution in [1.82, 2.24) is 14.8 Å². The van der Waals surface area contributed by atoms with E-state index in [1.165, 1.54) is 18.2 Å². The number of aromatic amines is 1. The molecule has 2 aromatic carbocycles. The van der Waals surface area contributed by atoms with Crippen LogP contribution in [0.25, 0.3) is 10.9 Å². The Morgan fingerprint density at radius 2 is 1.75 bits per heavy atom. The van der Waals surface area contributed by atoms with Crippen molar-refractivity contribution in [2.75, 3.05) is 38.0 Å². The van der Waals surface area contributed by atoms with Crippen LogP contribution in [0.2, 0.25) is 0 Å². The number of para-hydroxylation sites is 1. The lowest BCUT2D eigenvalue weighted by atomic mass is 10.1. The molecule has 0 radical (unpaired) electrons. The second-order valence-corrected chi connectivity index (χ2v) is 7.93. The number of anilines is 1. The summed E-state index contributed by atoms with van der Waals surface area (Å²) in [5.41, 5.74) is 1.39. The van der Waals surface area contributed by atoms with Crippen molar-refractivity contribution in [3.05, 3.63) is 65.4 Å². The number of nitrogens with zero attached hydrogens (tertiary/aromatic N) is 2. The fourth-order valence-corrected chi connectivity index (χ4v) is 3.88. The summed E-state index contributed by atoms with van der Waals surface area (Å²) in [7, 11) is 0. The molecular weight excluding hydrogens is 421 g/mol. The summed E-state index contributed by atoms with van der Waals surface area (Å²) in [6.45, 7) is 3.73. The topological polar surface area (TPSA) is 68.4 Å². The zero-order chi connectivity index (χ0) is 22.9. The minimum atomic E-state index is -4.54. The molecule has 6 nitrogen and oxygen atoms in total. The molecule has 1 aliphatic rings. The van der Waals surface area contributed by atoms with Crippen molar-refractivity contribution >= 4 is 28.4 Å². The first kappa shape index (κ1) is 21.9. The number of halogens is 3. The lowest BCUT2D eigenvalue weighted by molar-refractivity contribution is -0.137. The van der Waals surface area contributed by atoms with Crippen LogP contribution in [0.4, 0.5) is 18.9 Å². The standard InChI is InChI=1S/C23H23F3N4O2/c1-15-6-7-18-16(12-15)13-20(27-18)22(32)30-10-8-29(9-11-30)14-21(31)28-19-5-3-2-4-17(19)23(24,25)26/h2-7,12-13,27H,8-11,14H2,1H3,(H,28,31). The Labute approximate surface area is 183 Å². The maximum absolute atomic E-state index is 13.1. The third-order valence-corrected chi connectivity index (χ3v) is 5.54. The Morgan fingerprint density at radius 3 is 2.47 bits per heavy atom. The molecule has 1 saturated heterocycles. The molecule has 2 heterocycles. The Balaban J connectivity index is 1.33. The SMILES string of the molecule is Cc1ccc2[nH]c(C(=O)N3CCN(CC(=O)Nc4ccccc4C(F)(F)F)CC3)cc2c1. The molecule has 1 aromatic heterocycles. The molecule has 0 saturated carbocycles. The van der Waals surface area contributed by atoms with E-state index in [1.54, 1.807) is 4.90 Å². The predicted octanol–water partition coefficient (Wildman–Crippen LogP) is 3.89. The van der Waals surface area contributed by atoms with Crippen LogP contribution < -0.4 is 5.32 Å². The number of hydrogen-bond donors (Lipinski definition) is 2. The molecule has 0 aliphatic carbocycles. The zero-order valence-electron chi connectivity index (χ0n) is 17.5. The number of aromatic nitrogens is 1. The Hall–Kier alpha value is -3.33. The number of amides is 2. The van der Waals surface area contributed by atoms with Gasteiger partial charge in [-0.25, -0.2) is 0 Å². The highest BCUT2D eigenvalue weighted by molar-refractivity contribution is 5.98. The largest absolute Gasteiger partial charge is 0.418 e. The van der Waals surface area contributed by atoms with Gasteiger partial charge in [-0.1, -0.05) is 23.8 Å². The number of aryl methyl sites for hydroxylation is 1. The number of hydrogen-bond acceptors (Lipinski definition) is 3. The molecular formula is C23H23F3N4O2. The number of rotatable bonds is 4. The first-order valence-corrected chi connectivity index (χ1v) is 10.3. The summed E-state index contributed by atoms with van der Waals surface area (Å²) in [5.74, 6) is -0.630. The summed E-state index contributed by atoms with van der Waals surface area (Å²) < 4.78 is 39.3. The van der Waals surface area contributed by atoms with Crippen molar-refractivity contribution in [3.8, 4) is 0 Å². The predicted molar refractivity (Wildman–Crippen MR) is 115 cm³/mol. The Bertz CT molecular complexity index is 1150. The third-order valence-electron chi connectivity index (χ3n) is 5.54. The molecule has 3 aromatic rings. The van der Waals surface area contributed by atoms with Crippen molar-refractivity contribution in [3.63, 3.8) is 0 Å². The third kappa shape index (κ3) is 4.77. The Kier molecular flexibility index (Phi) is 5.92. The normalized spacial score (nSPS) is 15.2. The van der Waals surface area contributed by atoms with Crippen molar-refractivity contribution in [2.45, 2.75) is 13.1 Å². The van der Waals surface area contributed by atoms with Gasteiger partial charge in [0, 0.05) is 37.1 Å². The number of fused-ring (bicyclic) bond motifs is 1. The van der Waals surface area contributed by atoms with Crippen LogP contribution in [0.15, 0.2) is 48.5 Å². The van der Waals surface area contributed by atoms with E-state index in [1.807, 2.05) is 36.1 Å². The van der Waals surface area contributed by atoms with E-state index < -0.39 is 17.6 Å². The van der Waals surface area contributed by atoms with E-state index in [0.717, 1.165) is 22.5 Å². The van der Waals surface area contributed by atoms with Crippen LogP contribution >= 0.6 is 0 Å². The van der Waals surface area contributed by atoms with Crippen molar-refractivity contribution in [2.24, 2.45) is 0 Å². The zero-order valence-corrected chi connectivity index (χ0v) is 17.5. The summed E-state index contributed by atoms with van der Waals surface area (Å²) in [4.78, 5) is 31.8. The molecule has 2 amide bonds. The Morgan fingerprint density at radius 1 is 1.03 bits per heavy atom. The van der Waals surface area contributed by atoms with E-state index in [9.17, 15) is 22.8 Å². The van der Waals surface area contributed by atoms with Gasteiger partial charge in [-0.05, 0) is 37.3 Å². The minimum Gasteiger partial charge on any atom is -0.351 e. The average molecular weight is 444 g/mol. The highest BCUT2D eigenvalue weighted by atomic mass is 19.4. The van der Waals surface area contributed by atoms with Crippen molar-refractivity contribution < 1.29 is 22.8 Å². The van der Waals surface area contributed by atoms with E-state index in [2.05, 4.69) is 10.3 Å². The molecule has 9 heteroatoms. The van der Waals surface area contributed by atoms with Crippen molar-refractivity contribution in [1.29, 1.82) is 0 Å². The summed E-state index contributed by atoms with van der Waals surface area (Å²) in [6.07, 6.45) is -4.54. The monoisotopic (exact) mass is 444 g/mol. The van der Waals surface area contributed by atoms with Crippen LogP contribution in [0, 0.1) is 6.92 Å². The second kappa shape index (κ2) is 8.66. The van der Waals surface area contributed by atoms with Gasteiger partial charge in [0.15, 0.2) is 0 Å². The first-order chi connectivity index (χ1) is 15.2. The van der Waals surface area contributed by atoms with Gasteiger partial charge in [0.2, 0.25) is 5.91 Å². The summed E-state index contributed by atoms with van der Waals surface area (Å²) in [5, 5.41) is 3.33. The molecule has 1 fully saturated rings. The first-order valence-electron chi connectivity index (χ1n) is 10.3. The van der Waals surface area contributed by atoms with E-state index >= 15 is 0 Å². The number of carbonyl (C=O) groups excluding carboxylic acids is 2. The van der Waals surface area contributed by atoms with Gasteiger partial charge >= 0.3 is 6.18 Å². The lowest BCUT2D eigenvalue weighted by Crippen LogP contribution is -2.50. The fourth-order valence-electron chi connectivity index (χ4n) is 3.88. The van der Waals surface area contributed by atoms with Crippen LogP contribution in [0.5, 0.6) is 0 Å². The van der Waals surface area contributed by atoms with Gasteiger partial charge in [0.05, 0.1) is 17.8 Å². The van der Waals surface area contributed by atoms with Gasteiger partial charge in [-0.2, -0.15) is 13.2 Å². The van der Waals surface area contributed by atoms with Crippen LogP contribution in [-0.2, 0) is 11.0 Å². The number of nitrogens with one attached hydrogen (secondary N) is 2. The molecule has 32 heavy (non-hydrogen) atoms. The van der Waals surface area contributed by atoms with Crippen LogP contribution in [0.1, 0.15) is 21.6 Å². The number of H-pyrrole nitrogens is 1. The number of benzene rings is 2. The molecule has 2 N–H and O–H groups in total. The van der Waals surface area contributed by atoms with E-state index in [4.69, 9.17) is 0 Å². The molecule has 168 valence electrons. The lowest BCUT2D eigenvalue weighted by Gasteiger charge is -2.34. The van der Waals surface area contributed by atoms with E-state index in [-0.39, 0.29) is 18.1 Å². The maximum Gasteiger partial charge on any atom is 0.418 e. The summed E-state index contributed by atoms with van der Waals surface area (Å²) in [6, 6.07) is 12.7. The molecule has 4 rings (SSSR count). The fraction of sp³-hybridized carbons (Fsp3) is 0.304. The minimum absolute atomic E-state index is 0.0418. The second-order valence-electron chi connectivity index (χ2n) is 7.93. The molecule has 1 aliphatic heterocycles. The van der Waals surface area contributed by atoms with Gasteiger partial charge in [0.1, 0.15) is 5.69 Å². The van der Waals surface area contributed by atoms with Crippen LogP contribution in [0.3, 0.4) is 0 Å². The molecule has 0 atom stereocenters. The van der Waals surface area contributed by atoms with Gasteiger partial charge in [0.25, 0.3) is 5.91 Å². The number of carbonyl (C=O) groups is 2. The van der Waals surface area contributed by atoms with Gasteiger partial charge in [-0.15, -0.1) is 0 Å². The molecule has 0 bridgehead atoms. The summed E-state index contributed by atoms with van der Waals surface area (Å²) >= 11 is 0. The number of alkyl halides is 3. The highest BCUT2D eigenvalue weighted by Gasteiger charge is 2.33. The number of piperazine rings is 1. The van der Waals surface area contributed by atoms with E-state index in [0.29, 0.717) is 31.9 Å². The highest BCUT2D eigenvalue weighted by Crippen LogP contribution is 2.34.